The molecule has 5 heteroatoms. The third kappa shape index (κ3) is 1.19. The van der Waals surface area contributed by atoms with Gasteiger partial charge in [-0.2, -0.15) is 9.61 Å². The Labute approximate surface area is 95.4 Å². The summed E-state index contributed by atoms with van der Waals surface area (Å²) >= 11 is 3.44. The number of hydrogen-bond acceptors (Lipinski definition) is 3. The lowest BCUT2D eigenvalue weighted by Crippen LogP contribution is -2.03. The van der Waals surface area contributed by atoms with Crippen LogP contribution < -0.4 is 4.74 Å². The summed E-state index contributed by atoms with van der Waals surface area (Å²) in [6, 6.07) is 0. The summed E-state index contributed by atoms with van der Waals surface area (Å²) in [5.74, 6) is 0.832. The first-order chi connectivity index (χ1) is 7.31. The molecule has 0 saturated carbocycles. The quantitative estimate of drug-likeness (QED) is 0.794. The van der Waals surface area contributed by atoms with E-state index in [4.69, 9.17) is 4.74 Å². The van der Waals surface area contributed by atoms with E-state index in [1.165, 1.54) is 5.56 Å². The smallest absolute Gasteiger partial charge is 0.221 e. The monoisotopic (exact) mass is 267 g/mol. The van der Waals surface area contributed by atoms with Gasteiger partial charge in [0.25, 0.3) is 0 Å². The highest BCUT2D eigenvalue weighted by atomic mass is 79.9. The molecule has 2 aromatic rings. The molecule has 0 bridgehead atoms. The Morgan fingerprint density at radius 2 is 2.33 bits per heavy atom. The standard InChI is InChI=1S/C10H10BrN3O/c1-15-10-6-3-2-4-8(6)13-9-7(11)5-12-14(9)10/h5H,2-4H2,1H3. The van der Waals surface area contributed by atoms with Crippen LogP contribution in [0.3, 0.4) is 0 Å². The van der Waals surface area contributed by atoms with Gasteiger partial charge >= 0.3 is 0 Å². The first kappa shape index (κ1) is 9.15. The molecule has 1 aliphatic rings. The molecule has 0 radical (unpaired) electrons. The maximum Gasteiger partial charge on any atom is 0.221 e. The van der Waals surface area contributed by atoms with Gasteiger partial charge < -0.3 is 4.74 Å². The van der Waals surface area contributed by atoms with Gasteiger partial charge in [-0.1, -0.05) is 0 Å². The molecule has 0 unspecified atom stereocenters. The van der Waals surface area contributed by atoms with E-state index in [9.17, 15) is 0 Å². The molecule has 0 aromatic carbocycles. The molecular weight excluding hydrogens is 258 g/mol. The van der Waals surface area contributed by atoms with E-state index in [1.807, 2.05) is 0 Å². The molecule has 1 aliphatic carbocycles. The van der Waals surface area contributed by atoms with Gasteiger partial charge in [-0.15, -0.1) is 0 Å². The minimum absolute atomic E-state index is 0.832. The number of aryl methyl sites for hydroxylation is 1. The lowest BCUT2D eigenvalue weighted by Gasteiger charge is -2.08. The third-order valence-corrected chi connectivity index (χ3v) is 3.33. The zero-order chi connectivity index (χ0) is 10.4. The van der Waals surface area contributed by atoms with Gasteiger partial charge in [-0.3, -0.25) is 0 Å². The normalized spacial score (nSPS) is 14.5. The molecule has 0 amide bonds. The number of hydrogen-bond donors (Lipinski definition) is 0. The second kappa shape index (κ2) is 3.20. The van der Waals surface area contributed by atoms with Gasteiger partial charge in [-0.25, -0.2) is 4.98 Å². The number of nitrogens with zero attached hydrogens (tertiary/aromatic N) is 3. The van der Waals surface area contributed by atoms with Crippen LogP contribution in [0.15, 0.2) is 10.7 Å². The maximum absolute atomic E-state index is 5.42. The van der Waals surface area contributed by atoms with Crippen molar-refractivity contribution in [1.82, 2.24) is 14.6 Å². The van der Waals surface area contributed by atoms with Gasteiger partial charge in [0.2, 0.25) is 5.88 Å². The van der Waals surface area contributed by atoms with Crippen LogP contribution in [0.2, 0.25) is 0 Å². The van der Waals surface area contributed by atoms with Crippen LogP contribution in [-0.2, 0) is 12.8 Å². The van der Waals surface area contributed by atoms with Gasteiger partial charge in [0.05, 0.1) is 23.5 Å². The first-order valence-electron chi connectivity index (χ1n) is 4.90. The Bertz CT molecular complexity index is 535. The summed E-state index contributed by atoms with van der Waals surface area (Å²) in [7, 11) is 1.68. The molecule has 3 rings (SSSR count). The number of ether oxygens (including phenoxy) is 1. The molecule has 2 heterocycles. The summed E-state index contributed by atoms with van der Waals surface area (Å²) < 4.78 is 8.09. The second-order valence-electron chi connectivity index (χ2n) is 3.63. The summed E-state index contributed by atoms with van der Waals surface area (Å²) in [4.78, 5) is 4.60. The average molecular weight is 268 g/mol. The Hall–Kier alpha value is -1.10. The molecule has 0 atom stereocenters. The van der Waals surface area contributed by atoms with Gasteiger partial charge in [0.15, 0.2) is 5.65 Å². The van der Waals surface area contributed by atoms with E-state index in [0.29, 0.717) is 0 Å². The van der Waals surface area contributed by atoms with Crippen molar-refractivity contribution in [2.75, 3.05) is 7.11 Å². The van der Waals surface area contributed by atoms with E-state index in [1.54, 1.807) is 17.8 Å². The Morgan fingerprint density at radius 3 is 3.13 bits per heavy atom. The number of halogens is 1. The first-order valence-corrected chi connectivity index (χ1v) is 5.69. The van der Waals surface area contributed by atoms with E-state index in [0.717, 1.165) is 41.0 Å². The third-order valence-electron chi connectivity index (χ3n) is 2.77. The molecule has 4 nitrogen and oxygen atoms in total. The Balaban J connectivity index is 2.42. The number of rotatable bonds is 1. The molecule has 0 saturated heterocycles. The van der Waals surface area contributed by atoms with Crippen molar-refractivity contribution in [3.8, 4) is 5.88 Å². The van der Waals surface area contributed by atoms with Crippen LogP contribution in [0.5, 0.6) is 5.88 Å². The molecule has 78 valence electrons. The predicted octanol–water partition coefficient (Wildman–Crippen LogP) is 1.99. The van der Waals surface area contributed by atoms with Crippen LogP contribution in [0, 0.1) is 0 Å². The van der Waals surface area contributed by atoms with E-state index < -0.39 is 0 Å². The average Bonchev–Trinajstić information content (AvgIpc) is 2.83. The van der Waals surface area contributed by atoms with Gasteiger partial charge in [0.1, 0.15) is 0 Å². The largest absolute Gasteiger partial charge is 0.481 e. The number of methoxy groups -OCH3 is 1. The summed E-state index contributed by atoms with van der Waals surface area (Å²) in [5.41, 5.74) is 3.20. The number of fused-ring (bicyclic) bond motifs is 2. The fourth-order valence-electron chi connectivity index (χ4n) is 2.12. The van der Waals surface area contributed by atoms with Crippen molar-refractivity contribution >= 4 is 21.6 Å². The minimum atomic E-state index is 0.832. The Morgan fingerprint density at radius 1 is 1.47 bits per heavy atom. The van der Waals surface area contributed by atoms with Crippen molar-refractivity contribution in [2.45, 2.75) is 19.3 Å². The van der Waals surface area contributed by atoms with Crippen molar-refractivity contribution in [3.05, 3.63) is 21.9 Å². The maximum atomic E-state index is 5.42. The number of aromatic nitrogens is 3. The van der Waals surface area contributed by atoms with Gasteiger partial charge in [-0.05, 0) is 35.2 Å². The molecule has 0 spiro atoms. The molecule has 0 fully saturated rings. The van der Waals surface area contributed by atoms with E-state index in [-0.39, 0.29) is 0 Å². The molecule has 0 aliphatic heterocycles. The van der Waals surface area contributed by atoms with Crippen molar-refractivity contribution in [2.24, 2.45) is 0 Å². The second-order valence-corrected chi connectivity index (χ2v) is 4.48. The van der Waals surface area contributed by atoms with Gasteiger partial charge in [0, 0.05) is 5.56 Å². The highest BCUT2D eigenvalue weighted by Crippen LogP contribution is 2.31. The molecule has 2 aromatic heterocycles. The van der Waals surface area contributed by atoms with Crippen LogP contribution >= 0.6 is 15.9 Å². The predicted molar refractivity (Wildman–Crippen MR) is 59.3 cm³/mol. The summed E-state index contributed by atoms with van der Waals surface area (Å²) in [6.45, 7) is 0. The zero-order valence-electron chi connectivity index (χ0n) is 8.33. The molecule has 15 heavy (non-hydrogen) atoms. The highest BCUT2D eigenvalue weighted by Gasteiger charge is 2.21. The summed E-state index contributed by atoms with van der Waals surface area (Å²) in [5, 5.41) is 4.25. The van der Waals surface area contributed by atoms with Crippen LogP contribution in [0.4, 0.5) is 0 Å². The highest BCUT2D eigenvalue weighted by molar-refractivity contribution is 9.10. The van der Waals surface area contributed by atoms with E-state index >= 15 is 0 Å². The van der Waals surface area contributed by atoms with Crippen molar-refractivity contribution in [3.63, 3.8) is 0 Å². The Kier molecular flexibility index (Phi) is 1.95. The molecular formula is C10H10BrN3O. The minimum Gasteiger partial charge on any atom is -0.481 e. The van der Waals surface area contributed by atoms with E-state index in [2.05, 4.69) is 26.0 Å². The lowest BCUT2D eigenvalue weighted by atomic mass is 10.2. The van der Waals surface area contributed by atoms with Crippen LogP contribution in [-0.4, -0.2) is 21.7 Å². The molecule has 0 N–H and O–H groups in total. The van der Waals surface area contributed by atoms with Crippen LogP contribution in [0.1, 0.15) is 17.7 Å². The van der Waals surface area contributed by atoms with Crippen LogP contribution in [0.25, 0.3) is 5.65 Å². The zero-order valence-corrected chi connectivity index (χ0v) is 9.91. The topological polar surface area (TPSA) is 39.4 Å². The summed E-state index contributed by atoms with van der Waals surface area (Å²) in [6.07, 6.45) is 4.99. The van der Waals surface area contributed by atoms with Crippen molar-refractivity contribution in [1.29, 1.82) is 0 Å². The van der Waals surface area contributed by atoms with Crippen molar-refractivity contribution < 1.29 is 4.74 Å². The fraction of sp³-hybridized carbons (Fsp3) is 0.400. The lowest BCUT2D eigenvalue weighted by molar-refractivity contribution is 0.380. The SMILES string of the molecule is COc1c2c(nc3c(Br)cnn13)CCC2. The fourth-order valence-corrected chi connectivity index (χ4v) is 2.47.